The van der Waals surface area contributed by atoms with Gasteiger partial charge in [-0.05, 0) is 0 Å². The van der Waals surface area contributed by atoms with Crippen LogP contribution in [0, 0.1) is 0 Å². The molecular weight excluding hydrogens is 456 g/mol. The summed E-state index contributed by atoms with van der Waals surface area (Å²) in [4.78, 5) is 25.6. The highest BCUT2D eigenvalue weighted by molar-refractivity contribution is 5.73. The zero-order valence-electron chi connectivity index (χ0n) is 16.2. The molecule has 0 saturated heterocycles. The summed E-state index contributed by atoms with van der Waals surface area (Å²) in [7, 11) is 1.99. The Balaban J connectivity index is 0.000000305. The molecule has 1 aliphatic heterocycles. The van der Waals surface area contributed by atoms with Gasteiger partial charge in [0.05, 0.1) is 12.4 Å². The Morgan fingerprint density at radius 3 is 2.06 bits per heavy atom. The maximum absolute atomic E-state index is 10.6. The fraction of sp³-hybridized carbons (Fsp3) is 0.438. The van der Waals surface area contributed by atoms with Crippen LogP contribution in [0.4, 0.5) is 26.3 Å². The number of aliphatic carboxylic acids is 2. The Hall–Kier alpha value is -3.43. The molecule has 0 spiro atoms. The molecule has 0 bridgehead atoms. The number of nitrogens with zero attached hydrogens (tertiary/aromatic N) is 4. The van der Waals surface area contributed by atoms with Crippen molar-refractivity contribution in [2.75, 3.05) is 6.54 Å². The number of fused-ring (bicyclic) bond motifs is 1. The molecule has 0 atom stereocenters. The van der Waals surface area contributed by atoms with Crippen LogP contribution in [0.25, 0.3) is 0 Å². The second-order valence-corrected chi connectivity index (χ2v) is 5.89. The van der Waals surface area contributed by atoms with Gasteiger partial charge in [-0.3, -0.25) is 4.68 Å². The quantitative estimate of drug-likeness (QED) is 0.569. The molecule has 0 aromatic carbocycles. The summed E-state index contributed by atoms with van der Waals surface area (Å²) in [6.45, 7) is 2.34. The summed E-state index contributed by atoms with van der Waals surface area (Å²) in [5.74, 6) is -4.85. The lowest BCUT2D eigenvalue weighted by atomic mass is 10.1. The van der Waals surface area contributed by atoms with E-state index in [4.69, 9.17) is 24.5 Å². The van der Waals surface area contributed by atoms with E-state index in [0.29, 0.717) is 12.4 Å². The molecule has 32 heavy (non-hydrogen) atoms. The van der Waals surface area contributed by atoms with Gasteiger partial charge in [-0.25, -0.2) is 19.6 Å². The van der Waals surface area contributed by atoms with E-state index in [1.165, 1.54) is 17.6 Å². The lowest BCUT2D eigenvalue weighted by Crippen LogP contribution is -2.24. The van der Waals surface area contributed by atoms with Crippen molar-refractivity contribution < 1.29 is 50.9 Å². The van der Waals surface area contributed by atoms with Crippen LogP contribution in [0.15, 0.2) is 18.7 Å². The number of rotatable bonds is 3. The van der Waals surface area contributed by atoms with Crippen LogP contribution >= 0.6 is 0 Å². The van der Waals surface area contributed by atoms with Gasteiger partial charge in [0.25, 0.3) is 0 Å². The van der Waals surface area contributed by atoms with Gasteiger partial charge >= 0.3 is 24.3 Å². The normalized spacial score (nSPS) is 13.0. The van der Waals surface area contributed by atoms with Crippen LogP contribution in [0.1, 0.15) is 17.0 Å². The molecule has 16 heteroatoms. The first-order chi connectivity index (χ1) is 14.7. The summed E-state index contributed by atoms with van der Waals surface area (Å²) in [5.41, 5.74) is 3.56. The number of nitrogens with one attached hydrogen (secondary N) is 1. The molecule has 0 unspecified atom stereocenters. The SMILES string of the molecule is Cn1nc(COc2cncnc2)c2c1CCNC2.O=C(O)C(F)(F)F.O=C(O)C(F)(F)F. The van der Waals surface area contributed by atoms with Crippen LogP contribution in [-0.4, -0.2) is 60.8 Å². The number of aromatic nitrogens is 4. The van der Waals surface area contributed by atoms with Crippen molar-refractivity contribution in [3.8, 4) is 5.75 Å². The first kappa shape index (κ1) is 26.6. The van der Waals surface area contributed by atoms with Crippen molar-refractivity contribution in [3.05, 3.63) is 35.7 Å². The minimum Gasteiger partial charge on any atom is -0.484 e. The summed E-state index contributed by atoms with van der Waals surface area (Å²) in [6.07, 6.45) is -4.35. The Morgan fingerprint density at radius 2 is 1.59 bits per heavy atom. The molecule has 178 valence electrons. The van der Waals surface area contributed by atoms with E-state index < -0.39 is 24.3 Å². The molecule has 3 rings (SSSR count). The lowest BCUT2D eigenvalue weighted by Gasteiger charge is -2.14. The molecule has 2 aromatic rings. The zero-order valence-corrected chi connectivity index (χ0v) is 16.2. The maximum Gasteiger partial charge on any atom is 0.490 e. The molecule has 3 heterocycles. The van der Waals surface area contributed by atoms with E-state index in [9.17, 15) is 26.3 Å². The molecule has 1 aliphatic rings. The van der Waals surface area contributed by atoms with Crippen molar-refractivity contribution in [3.63, 3.8) is 0 Å². The number of hydrogen-bond donors (Lipinski definition) is 3. The highest BCUT2D eigenvalue weighted by atomic mass is 19.4. The van der Waals surface area contributed by atoms with E-state index in [1.54, 1.807) is 12.4 Å². The van der Waals surface area contributed by atoms with Crippen molar-refractivity contribution in [2.45, 2.75) is 31.9 Å². The van der Waals surface area contributed by atoms with E-state index in [2.05, 4.69) is 20.4 Å². The van der Waals surface area contributed by atoms with Crippen molar-refractivity contribution in [1.29, 1.82) is 0 Å². The number of carboxylic acids is 2. The van der Waals surface area contributed by atoms with Crippen molar-refractivity contribution in [1.82, 2.24) is 25.1 Å². The Morgan fingerprint density at radius 1 is 1.09 bits per heavy atom. The zero-order chi connectivity index (χ0) is 24.5. The van der Waals surface area contributed by atoms with Gasteiger partial charge in [0.2, 0.25) is 0 Å². The Labute approximate surface area is 175 Å². The number of carboxylic acid groups (broad SMARTS) is 2. The van der Waals surface area contributed by atoms with Crippen LogP contribution in [0.3, 0.4) is 0 Å². The minimum absolute atomic E-state index is 0.457. The average molecular weight is 473 g/mol. The molecule has 3 N–H and O–H groups in total. The standard InChI is InChI=1S/C12H15N5O.2C2HF3O2/c1-17-12-2-3-13-6-10(12)11(16-17)7-18-9-4-14-8-15-5-9;2*3-2(4,5)1(6)7/h4-5,8,13H,2-3,6-7H2,1H3;2*(H,6,7). The Bertz CT molecular complexity index is 877. The number of hydrogen-bond acceptors (Lipinski definition) is 7. The van der Waals surface area contributed by atoms with E-state index in [1.807, 2.05) is 11.7 Å². The third-order valence-corrected chi connectivity index (χ3v) is 3.60. The number of aryl methyl sites for hydroxylation is 1. The third-order valence-electron chi connectivity index (χ3n) is 3.60. The van der Waals surface area contributed by atoms with Crippen molar-refractivity contribution >= 4 is 11.9 Å². The molecule has 0 fully saturated rings. The number of halogens is 6. The van der Waals surface area contributed by atoms with Crippen molar-refractivity contribution in [2.24, 2.45) is 7.05 Å². The molecule has 2 aromatic heterocycles. The molecule has 10 nitrogen and oxygen atoms in total. The van der Waals surface area contributed by atoms with Gasteiger partial charge < -0.3 is 20.3 Å². The molecule has 0 saturated carbocycles. The molecule has 0 radical (unpaired) electrons. The summed E-state index contributed by atoms with van der Waals surface area (Å²) < 4.78 is 71.1. The van der Waals surface area contributed by atoms with Crippen LogP contribution in [0.5, 0.6) is 5.75 Å². The van der Waals surface area contributed by atoms with Gasteiger partial charge in [0, 0.05) is 37.8 Å². The van der Waals surface area contributed by atoms with Gasteiger partial charge in [-0.15, -0.1) is 0 Å². The first-order valence-corrected chi connectivity index (χ1v) is 8.45. The second-order valence-electron chi connectivity index (χ2n) is 5.89. The number of ether oxygens (including phenoxy) is 1. The van der Waals surface area contributed by atoms with Crippen LogP contribution in [-0.2, 0) is 36.2 Å². The number of carbonyl (C=O) groups is 2. The topological polar surface area (TPSA) is 139 Å². The smallest absolute Gasteiger partial charge is 0.484 e. The lowest BCUT2D eigenvalue weighted by molar-refractivity contribution is -0.193. The molecule has 0 aliphatic carbocycles. The molecule has 0 amide bonds. The van der Waals surface area contributed by atoms with E-state index in [0.717, 1.165) is 25.2 Å². The highest BCUT2D eigenvalue weighted by Gasteiger charge is 2.38. The van der Waals surface area contributed by atoms with E-state index >= 15 is 0 Å². The van der Waals surface area contributed by atoms with Crippen LogP contribution in [0.2, 0.25) is 0 Å². The fourth-order valence-electron chi connectivity index (χ4n) is 2.23. The predicted molar refractivity (Wildman–Crippen MR) is 92.4 cm³/mol. The summed E-state index contributed by atoms with van der Waals surface area (Å²) >= 11 is 0. The fourth-order valence-corrected chi connectivity index (χ4v) is 2.23. The summed E-state index contributed by atoms with van der Waals surface area (Å²) in [5, 5.41) is 22.1. The number of alkyl halides is 6. The first-order valence-electron chi connectivity index (χ1n) is 8.45. The average Bonchev–Trinajstić information content (AvgIpc) is 3.03. The Kier molecular flexibility index (Phi) is 9.36. The summed E-state index contributed by atoms with van der Waals surface area (Å²) in [6, 6.07) is 0. The van der Waals surface area contributed by atoms with Gasteiger partial charge in [-0.2, -0.15) is 31.4 Å². The third kappa shape index (κ3) is 8.75. The van der Waals surface area contributed by atoms with Gasteiger partial charge in [0.15, 0.2) is 5.75 Å². The van der Waals surface area contributed by atoms with Crippen LogP contribution < -0.4 is 10.1 Å². The molecular formula is C16H17F6N5O5. The second kappa shape index (κ2) is 11.3. The van der Waals surface area contributed by atoms with Gasteiger partial charge in [-0.1, -0.05) is 0 Å². The van der Waals surface area contributed by atoms with E-state index in [-0.39, 0.29) is 0 Å². The van der Waals surface area contributed by atoms with Gasteiger partial charge in [0.1, 0.15) is 18.6 Å². The largest absolute Gasteiger partial charge is 0.490 e. The highest BCUT2D eigenvalue weighted by Crippen LogP contribution is 2.19. The minimum atomic E-state index is -5.08. The predicted octanol–water partition coefficient (Wildman–Crippen LogP) is 1.70. The monoisotopic (exact) mass is 473 g/mol. The maximum atomic E-state index is 10.6.